The summed E-state index contributed by atoms with van der Waals surface area (Å²) in [7, 11) is 0. The summed E-state index contributed by atoms with van der Waals surface area (Å²) < 4.78 is 1.19. The molecule has 0 amide bonds. The maximum atomic E-state index is 3.73. The molecule has 0 aliphatic heterocycles. The third-order valence-corrected chi connectivity index (χ3v) is 6.66. The second-order valence-corrected chi connectivity index (χ2v) is 7.17. The van der Waals surface area contributed by atoms with E-state index in [0.29, 0.717) is 0 Å². The summed E-state index contributed by atoms with van der Waals surface area (Å²) in [5.74, 6) is 0. The molecule has 0 bridgehead atoms. The van der Waals surface area contributed by atoms with Crippen molar-refractivity contribution in [3.05, 3.63) is 70.2 Å². The van der Waals surface area contributed by atoms with Crippen molar-refractivity contribution in [1.29, 1.82) is 0 Å². The molecular formula is C17H17Br3. The average molecular weight is 461 g/mol. The van der Waals surface area contributed by atoms with Crippen molar-refractivity contribution in [2.45, 2.75) is 12.8 Å². The summed E-state index contributed by atoms with van der Waals surface area (Å²) in [6.45, 7) is 0. The molecule has 0 radical (unpaired) electrons. The third-order valence-electron chi connectivity index (χ3n) is 3.51. The molecule has 3 heteroatoms. The van der Waals surface area contributed by atoms with Crippen LogP contribution < -0.4 is 0 Å². The number of alkyl halides is 2. The molecule has 0 spiro atoms. The molecule has 2 rings (SSSR count). The molecular weight excluding hydrogens is 444 g/mol. The lowest BCUT2D eigenvalue weighted by atomic mass is 9.80. The van der Waals surface area contributed by atoms with Gasteiger partial charge in [0.25, 0.3) is 0 Å². The van der Waals surface area contributed by atoms with Gasteiger partial charge in [-0.2, -0.15) is 0 Å². The number of hydrogen-bond acceptors (Lipinski definition) is 0. The van der Waals surface area contributed by atoms with Gasteiger partial charge in [-0.25, -0.2) is 0 Å². The van der Waals surface area contributed by atoms with Crippen LogP contribution in [0.4, 0.5) is 0 Å². The summed E-state index contributed by atoms with van der Waals surface area (Å²) in [6.07, 6.45) is 2.10. The number of rotatable bonds is 6. The van der Waals surface area contributed by atoms with Crippen LogP contribution in [0.1, 0.15) is 11.1 Å². The highest BCUT2D eigenvalue weighted by Gasteiger charge is 2.29. The summed E-state index contributed by atoms with van der Waals surface area (Å²) >= 11 is 11.1. The second kappa shape index (κ2) is 7.77. The highest BCUT2D eigenvalue weighted by molar-refractivity contribution is 9.10. The van der Waals surface area contributed by atoms with Gasteiger partial charge < -0.3 is 0 Å². The Kier molecular flexibility index (Phi) is 6.31. The first kappa shape index (κ1) is 16.3. The molecule has 0 saturated carbocycles. The van der Waals surface area contributed by atoms with Gasteiger partial charge >= 0.3 is 0 Å². The lowest BCUT2D eigenvalue weighted by Crippen LogP contribution is -2.30. The van der Waals surface area contributed by atoms with E-state index in [2.05, 4.69) is 102 Å². The summed E-state index contributed by atoms with van der Waals surface area (Å²) in [5.41, 5.74) is 2.94. The molecule has 2 aromatic carbocycles. The number of hydrogen-bond donors (Lipinski definition) is 0. The van der Waals surface area contributed by atoms with Gasteiger partial charge in [0.15, 0.2) is 0 Å². The Morgan fingerprint density at radius 1 is 0.750 bits per heavy atom. The Morgan fingerprint density at radius 2 is 1.35 bits per heavy atom. The number of benzene rings is 2. The predicted octanol–water partition coefficient (Wildman–Crippen LogP) is 6.01. The molecule has 0 aliphatic carbocycles. The largest absolute Gasteiger partial charge is 0.0921 e. The van der Waals surface area contributed by atoms with Crippen molar-refractivity contribution in [3.8, 4) is 0 Å². The number of halogens is 3. The standard InChI is InChI=1S/C17H17Br3/c18-12-17(13-19,10-14-6-2-1-3-7-14)11-15-8-4-5-9-16(15)20/h1-9H,10-13H2. The summed E-state index contributed by atoms with van der Waals surface area (Å²) in [5, 5.41) is 1.95. The molecule has 0 aliphatic rings. The van der Waals surface area contributed by atoms with E-state index in [-0.39, 0.29) is 5.41 Å². The van der Waals surface area contributed by atoms with Crippen molar-refractivity contribution in [2.24, 2.45) is 5.41 Å². The van der Waals surface area contributed by atoms with Crippen molar-refractivity contribution in [3.63, 3.8) is 0 Å². The summed E-state index contributed by atoms with van der Waals surface area (Å²) in [6, 6.07) is 19.2. The van der Waals surface area contributed by atoms with Crippen LogP contribution in [0, 0.1) is 5.41 Å². The predicted molar refractivity (Wildman–Crippen MR) is 98.0 cm³/mol. The quantitative estimate of drug-likeness (QED) is 0.463. The maximum Gasteiger partial charge on any atom is 0.0207 e. The van der Waals surface area contributed by atoms with Crippen LogP contribution in [0.5, 0.6) is 0 Å². The molecule has 0 fully saturated rings. The lowest BCUT2D eigenvalue weighted by molar-refractivity contribution is 0.385. The zero-order valence-corrected chi connectivity index (χ0v) is 15.9. The molecule has 2 aromatic rings. The minimum absolute atomic E-state index is 0.186. The van der Waals surface area contributed by atoms with E-state index in [1.54, 1.807) is 0 Å². The topological polar surface area (TPSA) is 0 Å². The Bertz CT molecular complexity index is 533. The van der Waals surface area contributed by atoms with Gasteiger partial charge in [0.1, 0.15) is 0 Å². The second-order valence-electron chi connectivity index (χ2n) is 5.20. The molecule has 106 valence electrons. The smallest absolute Gasteiger partial charge is 0.0207 e. The van der Waals surface area contributed by atoms with Crippen LogP contribution in [0.3, 0.4) is 0 Å². The normalized spacial score (nSPS) is 11.6. The molecule has 20 heavy (non-hydrogen) atoms. The van der Waals surface area contributed by atoms with E-state index in [4.69, 9.17) is 0 Å². The van der Waals surface area contributed by atoms with E-state index in [0.717, 1.165) is 23.5 Å². The highest BCUT2D eigenvalue weighted by Crippen LogP contribution is 2.34. The fraction of sp³-hybridized carbons (Fsp3) is 0.294. The van der Waals surface area contributed by atoms with Crippen molar-refractivity contribution in [2.75, 3.05) is 10.7 Å². The summed E-state index contributed by atoms with van der Waals surface area (Å²) in [4.78, 5) is 0. The van der Waals surface area contributed by atoms with Gasteiger partial charge in [-0.1, -0.05) is 96.3 Å². The Labute approximate surface area is 146 Å². The fourth-order valence-corrected chi connectivity index (χ4v) is 4.51. The van der Waals surface area contributed by atoms with Crippen molar-refractivity contribution < 1.29 is 0 Å². The fourth-order valence-electron chi connectivity index (χ4n) is 2.36. The molecule has 0 saturated heterocycles. The monoisotopic (exact) mass is 458 g/mol. The van der Waals surface area contributed by atoms with Crippen LogP contribution in [-0.4, -0.2) is 10.7 Å². The van der Waals surface area contributed by atoms with E-state index in [9.17, 15) is 0 Å². The van der Waals surface area contributed by atoms with Crippen LogP contribution in [0.2, 0.25) is 0 Å². The first-order valence-electron chi connectivity index (χ1n) is 6.58. The molecule has 0 atom stereocenters. The first-order chi connectivity index (χ1) is 9.69. The van der Waals surface area contributed by atoms with Crippen molar-refractivity contribution >= 4 is 47.8 Å². The van der Waals surface area contributed by atoms with Crippen LogP contribution >= 0.6 is 47.8 Å². The highest BCUT2D eigenvalue weighted by atomic mass is 79.9. The molecule has 0 aromatic heterocycles. The van der Waals surface area contributed by atoms with Gasteiger partial charge in [0.05, 0.1) is 0 Å². The zero-order valence-electron chi connectivity index (χ0n) is 11.2. The van der Waals surface area contributed by atoms with Crippen LogP contribution in [0.25, 0.3) is 0 Å². The van der Waals surface area contributed by atoms with Crippen LogP contribution in [-0.2, 0) is 12.8 Å². The third kappa shape index (κ3) is 4.19. The van der Waals surface area contributed by atoms with Gasteiger partial charge in [0.2, 0.25) is 0 Å². The molecule has 0 heterocycles. The first-order valence-corrected chi connectivity index (χ1v) is 9.62. The SMILES string of the molecule is BrCC(CBr)(Cc1ccccc1)Cc1ccccc1Br. The van der Waals surface area contributed by atoms with E-state index < -0.39 is 0 Å². The zero-order chi connectivity index (χ0) is 14.4. The molecule has 0 N–H and O–H groups in total. The lowest BCUT2D eigenvalue weighted by Gasteiger charge is -2.31. The maximum absolute atomic E-state index is 3.73. The average Bonchev–Trinajstić information content (AvgIpc) is 2.50. The van der Waals surface area contributed by atoms with E-state index in [1.807, 2.05) is 0 Å². The van der Waals surface area contributed by atoms with E-state index >= 15 is 0 Å². The van der Waals surface area contributed by atoms with Gasteiger partial charge in [-0.3, -0.25) is 0 Å². The Morgan fingerprint density at radius 3 is 1.95 bits per heavy atom. The van der Waals surface area contributed by atoms with Gasteiger partial charge in [-0.05, 0) is 35.4 Å². The van der Waals surface area contributed by atoms with Gasteiger partial charge in [-0.15, -0.1) is 0 Å². The Balaban J connectivity index is 2.23. The van der Waals surface area contributed by atoms with E-state index in [1.165, 1.54) is 15.6 Å². The molecule has 0 nitrogen and oxygen atoms in total. The minimum Gasteiger partial charge on any atom is -0.0921 e. The minimum atomic E-state index is 0.186. The van der Waals surface area contributed by atoms with Crippen molar-refractivity contribution in [1.82, 2.24) is 0 Å². The Hall–Kier alpha value is -0.120. The molecule has 0 unspecified atom stereocenters. The van der Waals surface area contributed by atoms with Gasteiger partial charge in [0, 0.05) is 15.1 Å². The van der Waals surface area contributed by atoms with Crippen LogP contribution in [0.15, 0.2) is 59.1 Å².